The molecule has 0 aromatic heterocycles. The summed E-state index contributed by atoms with van der Waals surface area (Å²) in [6.45, 7) is 11.3. The predicted octanol–water partition coefficient (Wildman–Crippen LogP) is 2.55. The van der Waals surface area contributed by atoms with Crippen molar-refractivity contribution in [3.05, 3.63) is 35.1 Å². The van der Waals surface area contributed by atoms with Crippen LogP contribution in [0.3, 0.4) is 0 Å². The highest BCUT2D eigenvalue weighted by Gasteiger charge is 2.11. The number of aliphatic imine (C=N–C) groups is 1. The Hall–Kier alpha value is -1.67. The largest absolute Gasteiger partial charge is 0.357 e. The SMILES string of the molecule is CCNC(=NCc1cc(F)ccc1CS(C)(=O)=O)NCCCCN(CC)CC. The van der Waals surface area contributed by atoms with Gasteiger partial charge < -0.3 is 15.5 Å². The number of guanidine groups is 1. The Morgan fingerprint density at radius 3 is 2.43 bits per heavy atom. The molecule has 0 amide bonds. The lowest BCUT2D eigenvalue weighted by atomic mass is 10.1. The van der Waals surface area contributed by atoms with E-state index in [-0.39, 0.29) is 12.3 Å². The van der Waals surface area contributed by atoms with E-state index < -0.39 is 15.7 Å². The molecule has 0 aliphatic rings. The molecular formula is C20H35FN4O2S. The maximum atomic E-state index is 13.6. The van der Waals surface area contributed by atoms with E-state index in [0.29, 0.717) is 23.6 Å². The molecule has 0 unspecified atom stereocenters. The normalized spacial score (nSPS) is 12.4. The minimum atomic E-state index is -3.20. The van der Waals surface area contributed by atoms with Gasteiger partial charge >= 0.3 is 0 Å². The van der Waals surface area contributed by atoms with Crippen LogP contribution >= 0.6 is 0 Å². The van der Waals surface area contributed by atoms with Gasteiger partial charge in [-0.2, -0.15) is 0 Å². The molecule has 2 N–H and O–H groups in total. The summed E-state index contributed by atoms with van der Waals surface area (Å²) in [5, 5.41) is 6.47. The van der Waals surface area contributed by atoms with Gasteiger partial charge in [0.1, 0.15) is 5.82 Å². The van der Waals surface area contributed by atoms with Crippen LogP contribution in [0.5, 0.6) is 0 Å². The van der Waals surface area contributed by atoms with Gasteiger partial charge in [0.2, 0.25) is 0 Å². The second-order valence-corrected chi connectivity index (χ2v) is 8.98. The summed E-state index contributed by atoms with van der Waals surface area (Å²) in [7, 11) is -3.20. The molecule has 0 radical (unpaired) electrons. The molecule has 6 nitrogen and oxygen atoms in total. The van der Waals surface area contributed by atoms with Crippen LogP contribution in [-0.4, -0.2) is 58.3 Å². The lowest BCUT2D eigenvalue weighted by Crippen LogP contribution is -2.38. The molecule has 0 saturated heterocycles. The van der Waals surface area contributed by atoms with Gasteiger partial charge in [-0.3, -0.25) is 0 Å². The number of benzene rings is 1. The first kappa shape index (κ1) is 24.4. The third-order valence-corrected chi connectivity index (χ3v) is 5.26. The minimum Gasteiger partial charge on any atom is -0.357 e. The standard InChI is InChI=1S/C20H35FN4O2S/c1-5-22-20(23-12-8-9-13-25(6-2)7-3)24-15-18-14-19(21)11-10-17(18)16-28(4,26)27/h10-11,14H,5-9,12-13,15-16H2,1-4H3,(H2,22,23,24). The number of nitrogens with zero attached hydrogens (tertiary/aromatic N) is 2. The smallest absolute Gasteiger partial charge is 0.191 e. The summed E-state index contributed by atoms with van der Waals surface area (Å²) in [6.07, 6.45) is 3.31. The monoisotopic (exact) mass is 414 g/mol. The third kappa shape index (κ3) is 10.0. The summed E-state index contributed by atoms with van der Waals surface area (Å²) in [4.78, 5) is 6.90. The number of unbranched alkanes of at least 4 members (excludes halogenated alkanes) is 1. The maximum absolute atomic E-state index is 13.6. The summed E-state index contributed by atoms with van der Waals surface area (Å²) < 4.78 is 36.9. The van der Waals surface area contributed by atoms with Crippen LogP contribution in [0.2, 0.25) is 0 Å². The van der Waals surface area contributed by atoms with Crippen molar-refractivity contribution >= 4 is 15.8 Å². The number of hydrogen-bond acceptors (Lipinski definition) is 4. The Morgan fingerprint density at radius 1 is 1.11 bits per heavy atom. The first-order valence-electron chi connectivity index (χ1n) is 9.98. The molecule has 0 bridgehead atoms. The van der Waals surface area contributed by atoms with Gasteiger partial charge in [0.15, 0.2) is 15.8 Å². The lowest BCUT2D eigenvalue weighted by molar-refractivity contribution is 0.297. The first-order chi connectivity index (χ1) is 13.3. The van der Waals surface area contributed by atoms with E-state index in [0.717, 1.165) is 39.0 Å². The summed E-state index contributed by atoms with van der Waals surface area (Å²) in [5.41, 5.74) is 1.17. The average molecular weight is 415 g/mol. The van der Waals surface area contributed by atoms with Crippen molar-refractivity contribution < 1.29 is 12.8 Å². The zero-order chi connectivity index (χ0) is 21.0. The van der Waals surface area contributed by atoms with Crippen LogP contribution < -0.4 is 10.6 Å². The molecule has 1 aromatic rings. The number of hydrogen-bond donors (Lipinski definition) is 2. The molecule has 1 aromatic carbocycles. The third-order valence-electron chi connectivity index (χ3n) is 4.43. The van der Waals surface area contributed by atoms with E-state index in [1.165, 1.54) is 24.5 Å². The molecule has 0 heterocycles. The fourth-order valence-electron chi connectivity index (χ4n) is 2.88. The molecule has 0 spiro atoms. The molecular weight excluding hydrogens is 379 g/mol. The van der Waals surface area contributed by atoms with Crippen molar-refractivity contribution in [3.8, 4) is 0 Å². The quantitative estimate of drug-likeness (QED) is 0.312. The van der Waals surface area contributed by atoms with Crippen molar-refractivity contribution in [2.24, 2.45) is 4.99 Å². The van der Waals surface area contributed by atoms with Crippen LogP contribution in [0, 0.1) is 5.82 Å². The van der Waals surface area contributed by atoms with Crippen molar-refractivity contribution in [2.75, 3.05) is 39.0 Å². The second-order valence-electron chi connectivity index (χ2n) is 6.84. The highest BCUT2D eigenvalue weighted by atomic mass is 32.2. The summed E-state index contributed by atoms with van der Waals surface area (Å²) >= 11 is 0. The number of nitrogens with one attached hydrogen (secondary N) is 2. The molecule has 0 aliphatic carbocycles. The highest BCUT2D eigenvalue weighted by molar-refractivity contribution is 7.89. The minimum absolute atomic E-state index is 0.118. The Kier molecular flexibility index (Phi) is 11.1. The number of sulfone groups is 1. The fourth-order valence-corrected chi connectivity index (χ4v) is 3.72. The van der Waals surface area contributed by atoms with Gasteiger partial charge in [-0.1, -0.05) is 19.9 Å². The molecule has 0 fully saturated rings. The van der Waals surface area contributed by atoms with Crippen LogP contribution in [0.25, 0.3) is 0 Å². The summed E-state index contributed by atoms with van der Waals surface area (Å²) in [6, 6.07) is 4.17. The number of rotatable bonds is 12. The van der Waals surface area contributed by atoms with Crippen molar-refractivity contribution in [1.29, 1.82) is 0 Å². The van der Waals surface area contributed by atoms with Crippen LogP contribution in [0.1, 0.15) is 44.7 Å². The number of halogens is 1. The lowest BCUT2D eigenvalue weighted by Gasteiger charge is -2.18. The van der Waals surface area contributed by atoms with E-state index >= 15 is 0 Å². The van der Waals surface area contributed by atoms with Crippen molar-refractivity contribution in [3.63, 3.8) is 0 Å². The van der Waals surface area contributed by atoms with E-state index in [4.69, 9.17) is 0 Å². The molecule has 0 saturated carbocycles. The van der Waals surface area contributed by atoms with Crippen molar-refractivity contribution in [1.82, 2.24) is 15.5 Å². The van der Waals surface area contributed by atoms with E-state index in [1.807, 2.05) is 6.92 Å². The van der Waals surface area contributed by atoms with Gasteiger partial charge in [0.05, 0.1) is 12.3 Å². The van der Waals surface area contributed by atoms with Gasteiger partial charge in [-0.25, -0.2) is 17.8 Å². The zero-order valence-corrected chi connectivity index (χ0v) is 18.4. The maximum Gasteiger partial charge on any atom is 0.191 e. The first-order valence-corrected chi connectivity index (χ1v) is 12.0. The van der Waals surface area contributed by atoms with Gasteiger partial charge in [0, 0.05) is 19.3 Å². The molecule has 28 heavy (non-hydrogen) atoms. The Labute approximate surface area is 169 Å². The van der Waals surface area contributed by atoms with Gasteiger partial charge in [0.25, 0.3) is 0 Å². The molecule has 1 rings (SSSR count). The molecule has 0 aliphatic heterocycles. The van der Waals surface area contributed by atoms with E-state index in [2.05, 4.69) is 34.4 Å². The van der Waals surface area contributed by atoms with E-state index in [9.17, 15) is 12.8 Å². The fraction of sp³-hybridized carbons (Fsp3) is 0.650. The Bertz CT molecular complexity index is 719. The van der Waals surface area contributed by atoms with Crippen molar-refractivity contribution in [2.45, 2.75) is 45.9 Å². The average Bonchev–Trinajstić information content (AvgIpc) is 2.63. The molecule has 8 heteroatoms. The van der Waals surface area contributed by atoms with Gasteiger partial charge in [-0.05, 0) is 62.7 Å². The van der Waals surface area contributed by atoms with Crippen LogP contribution in [0.4, 0.5) is 4.39 Å². The predicted molar refractivity (Wildman–Crippen MR) is 115 cm³/mol. The molecule has 0 atom stereocenters. The van der Waals surface area contributed by atoms with Crippen LogP contribution in [-0.2, 0) is 22.1 Å². The highest BCUT2D eigenvalue weighted by Crippen LogP contribution is 2.15. The summed E-state index contributed by atoms with van der Waals surface area (Å²) in [5.74, 6) is 0.143. The van der Waals surface area contributed by atoms with E-state index in [1.54, 1.807) is 0 Å². The second kappa shape index (κ2) is 12.7. The topological polar surface area (TPSA) is 73.8 Å². The Balaban J connectivity index is 2.68. The van der Waals surface area contributed by atoms with Crippen LogP contribution in [0.15, 0.2) is 23.2 Å². The van der Waals surface area contributed by atoms with Gasteiger partial charge in [-0.15, -0.1) is 0 Å². The zero-order valence-electron chi connectivity index (χ0n) is 17.6. The molecule has 160 valence electrons. The Morgan fingerprint density at radius 2 is 1.82 bits per heavy atom.